The molecule has 0 aliphatic rings. The Morgan fingerprint density at radius 1 is 1.46 bits per heavy atom. The van der Waals surface area contributed by atoms with Gasteiger partial charge in [0.25, 0.3) is 0 Å². The first-order valence-corrected chi connectivity index (χ1v) is 4.95. The summed E-state index contributed by atoms with van der Waals surface area (Å²) in [6.45, 7) is 1.39. The fourth-order valence-electron chi connectivity index (χ4n) is 0.912. The molecule has 0 amide bonds. The summed E-state index contributed by atoms with van der Waals surface area (Å²) in [6.07, 6.45) is 0. The molecule has 1 atom stereocenters. The third-order valence-corrected chi connectivity index (χ3v) is 2.95. The number of Topliss-reactive ketones (excluding diaryl/α,β-unsaturated/α-hetero) is 1. The number of carbonyl (C=O) groups excluding carboxylic acids is 1. The van der Waals surface area contributed by atoms with Gasteiger partial charge in [-0.25, -0.2) is 0 Å². The molecule has 3 heteroatoms. The Balaban J connectivity index is 2.62. The van der Waals surface area contributed by atoms with E-state index in [4.69, 9.17) is 5.11 Å². The number of aliphatic hydroxyl groups excluding tert-OH is 1. The quantitative estimate of drug-likeness (QED) is 0.745. The van der Waals surface area contributed by atoms with Gasteiger partial charge in [-0.2, -0.15) is 0 Å². The van der Waals surface area contributed by atoms with Crippen molar-refractivity contribution in [1.29, 1.82) is 0 Å². The van der Waals surface area contributed by atoms with E-state index in [1.165, 1.54) is 18.7 Å². The molecule has 0 saturated carbocycles. The van der Waals surface area contributed by atoms with Gasteiger partial charge in [0.15, 0.2) is 0 Å². The maximum atomic E-state index is 11.0. The summed E-state index contributed by atoms with van der Waals surface area (Å²) in [7, 11) is 0. The molecule has 1 rings (SSSR count). The van der Waals surface area contributed by atoms with Gasteiger partial charge >= 0.3 is 0 Å². The summed E-state index contributed by atoms with van der Waals surface area (Å²) in [6, 6.07) is 9.60. The lowest BCUT2D eigenvalue weighted by atomic mass is 10.3. The molecule has 1 aromatic carbocycles. The first-order valence-electron chi connectivity index (χ1n) is 4.07. The van der Waals surface area contributed by atoms with E-state index < -0.39 is 0 Å². The number of rotatable bonds is 4. The van der Waals surface area contributed by atoms with Crippen LogP contribution in [0.1, 0.15) is 6.92 Å². The standard InChI is InChI=1S/C10H12O2S/c1-8(12)10(7-11)13-9-5-3-2-4-6-9/h2-6,10-11H,7H2,1H3. The molecule has 0 spiro atoms. The minimum atomic E-state index is -0.331. The molecule has 0 heterocycles. The van der Waals surface area contributed by atoms with Crippen molar-refractivity contribution in [2.45, 2.75) is 17.1 Å². The second-order valence-electron chi connectivity index (χ2n) is 2.71. The average Bonchev–Trinajstić information content (AvgIpc) is 2.15. The van der Waals surface area contributed by atoms with Gasteiger partial charge in [0.1, 0.15) is 5.78 Å². The van der Waals surface area contributed by atoms with E-state index in [2.05, 4.69) is 0 Å². The lowest BCUT2D eigenvalue weighted by molar-refractivity contribution is -0.117. The Labute approximate surface area is 82.0 Å². The molecule has 1 N–H and O–H groups in total. The molecule has 0 radical (unpaired) electrons. The maximum Gasteiger partial charge on any atom is 0.145 e. The summed E-state index contributed by atoms with van der Waals surface area (Å²) >= 11 is 1.40. The molecule has 0 aliphatic heterocycles. The Morgan fingerprint density at radius 3 is 2.54 bits per heavy atom. The van der Waals surface area contributed by atoms with Crippen LogP contribution in [-0.2, 0) is 4.79 Å². The van der Waals surface area contributed by atoms with Crippen LogP contribution in [0.4, 0.5) is 0 Å². The first-order chi connectivity index (χ1) is 6.24. The van der Waals surface area contributed by atoms with Crippen LogP contribution in [0, 0.1) is 0 Å². The van der Waals surface area contributed by atoms with Gasteiger partial charge in [0.2, 0.25) is 0 Å². The van der Waals surface area contributed by atoms with Crippen LogP contribution in [0.2, 0.25) is 0 Å². The highest BCUT2D eigenvalue weighted by atomic mass is 32.2. The lowest BCUT2D eigenvalue weighted by Gasteiger charge is -2.09. The molecule has 1 aromatic rings. The fraction of sp³-hybridized carbons (Fsp3) is 0.300. The highest BCUT2D eigenvalue weighted by Crippen LogP contribution is 2.22. The molecular weight excluding hydrogens is 184 g/mol. The maximum absolute atomic E-state index is 11.0. The van der Waals surface area contributed by atoms with Gasteiger partial charge in [-0.15, -0.1) is 11.8 Å². The molecule has 0 fully saturated rings. The molecule has 0 aromatic heterocycles. The van der Waals surface area contributed by atoms with Gasteiger partial charge in [0, 0.05) is 4.90 Å². The molecule has 0 saturated heterocycles. The van der Waals surface area contributed by atoms with Crippen molar-refractivity contribution in [3.05, 3.63) is 30.3 Å². The second-order valence-corrected chi connectivity index (χ2v) is 3.99. The smallest absolute Gasteiger partial charge is 0.145 e. The van der Waals surface area contributed by atoms with E-state index >= 15 is 0 Å². The third kappa shape index (κ3) is 3.20. The van der Waals surface area contributed by atoms with E-state index in [-0.39, 0.29) is 17.6 Å². The largest absolute Gasteiger partial charge is 0.395 e. The minimum absolute atomic E-state index is 0.0105. The van der Waals surface area contributed by atoms with Crippen LogP contribution in [0.15, 0.2) is 35.2 Å². The van der Waals surface area contributed by atoms with Crippen LogP contribution in [-0.4, -0.2) is 22.7 Å². The Kier molecular flexibility index (Phi) is 3.99. The van der Waals surface area contributed by atoms with Crippen molar-refractivity contribution < 1.29 is 9.90 Å². The number of thioether (sulfide) groups is 1. The zero-order valence-corrected chi connectivity index (χ0v) is 8.25. The van der Waals surface area contributed by atoms with E-state index in [9.17, 15) is 4.79 Å². The average molecular weight is 196 g/mol. The summed E-state index contributed by atoms with van der Waals surface area (Å²) in [5.41, 5.74) is 0. The number of carbonyl (C=O) groups is 1. The van der Waals surface area contributed by atoms with Gasteiger partial charge in [-0.3, -0.25) is 4.79 Å². The van der Waals surface area contributed by atoms with Gasteiger partial charge in [0.05, 0.1) is 11.9 Å². The second kappa shape index (κ2) is 5.04. The van der Waals surface area contributed by atoms with E-state index in [0.717, 1.165) is 4.90 Å². The number of hydrogen-bond donors (Lipinski definition) is 1. The molecule has 0 bridgehead atoms. The van der Waals surface area contributed by atoms with Crippen molar-refractivity contribution in [2.75, 3.05) is 6.61 Å². The SMILES string of the molecule is CC(=O)C(CO)Sc1ccccc1. The van der Waals surface area contributed by atoms with E-state index in [1.807, 2.05) is 30.3 Å². The van der Waals surface area contributed by atoms with Gasteiger partial charge in [-0.1, -0.05) is 18.2 Å². The van der Waals surface area contributed by atoms with Crippen LogP contribution < -0.4 is 0 Å². The summed E-state index contributed by atoms with van der Waals surface area (Å²) in [4.78, 5) is 12.0. The van der Waals surface area contributed by atoms with Crippen LogP contribution in [0.3, 0.4) is 0 Å². The Bertz CT molecular complexity index is 272. The minimum Gasteiger partial charge on any atom is -0.395 e. The molecule has 70 valence electrons. The van der Waals surface area contributed by atoms with E-state index in [0.29, 0.717) is 0 Å². The fourth-order valence-corrected chi connectivity index (χ4v) is 1.80. The molecule has 2 nitrogen and oxygen atoms in total. The summed E-state index contributed by atoms with van der Waals surface area (Å²) in [5, 5.41) is 8.58. The van der Waals surface area contributed by atoms with Crippen molar-refractivity contribution in [1.82, 2.24) is 0 Å². The predicted octanol–water partition coefficient (Wildman–Crippen LogP) is 1.73. The Hall–Kier alpha value is -0.800. The molecule has 1 unspecified atom stereocenters. The zero-order chi connectivity index (χ0) is 9.68. The third-order valence-electron chi connectivity index (χ3n) is 1.64. The zero-order valence-electron chi connectivity index (χ0n) is 7.43. The predicted molar refractivity (Wildman–Crippen MR) is 53.9 cm³/mol. The van der Waals surface area contributed by atoms with Crippen molar-refractivity contribution >= 4 is 17.5 Å². The van der Waals surface area contributed by atoms with Crippen molar-refractivity contribution in [3.63, 3.8) is 0 Å². The summed E-state index contributed by atoms with van der Waals surface area (Å²) < 4.78 is 0. The Morgan fingerprint density at radius 2 is 2.08 bits per heavy atom. The van der Waals surface area contributed by atoms with Crippen LogP contribution in [0.5, 0.6) is 0 Å². The topological polar surface area (TPSA) is 37.3 Å². The highest BCUT2D eigenvalue weighted by Gasteiger charge is 2.13. The monoisotopic (exact) mass is 196 g/mol. The highest BCUT2D eigenvalue weighted by molar-refractivity contribution is 8.00. The molecule has 13 heavy (non-hydrogen) atoms. The number of hydrogen-bond acceptors (Lipinski definition) is 3. The van der Waals surface area contributed by atoms with Crippen molar-refractivity contribution in [2.24, 2.45) is 0 Å². The summed E-state index contributed by atoms with van der Waals surface area (Å²) in [5.74, 6) is 0.0105. The normalized spacial score (nSPS) is 12.5. The van der Waals surface area contributed by atoms with Crippen LogP contribution in [0.25, 0.3) is 0 Å². The molecule has 0 aliphatic carbocycles. The van der Waals surface area contributed by atoms with Gasteiger partial charge < -0.3 is 5.11 Å². The molecular formula is C10H12O2S. The van der Waals surface area contributed by atoms with Crippen molar-refractivity contribution in [3.8, 4) is 0 Å². The number of ketones is 1. The van der Waals surface area contributed by atoms with Crippen LogP contribution >= 0.6 is 11.8 Å². The first kappa shape index (κ1) is 10.3. The number of benzene rings is 1. The number of aliphatic hydroxyl groups is 1. The lowest BCUT2D eigenvalue weighted by Crippen LogP contribution is -2.17. The van der Waals surface area contributed by atoms with Gasteiger partial charge in [-0.05, 0) is 19.1 Å². The van der Waals surface area contributed by atoms with E-state index in [1.54, 1.807) is 0 Å².